The number of aliphatic carboxylic acids is 1. The Labute approximate surface area is 130 Å². The molecule has 1 saturated carbocycles. The molecule has 1 fully saturated rings. The molecule has 0 bridgehead atoms. The lowest BCUT2D eigenvalue weighted by Gasteiger charge is -2.40. The largest absolute Gasteiger partial charge is 0.481 e. The highest BCUT2D eigenvalue weighted by Gasteiger charge is 2.45. The Hall–Kier alpha value is -1.88. The number of carboxylic acids is 1. The van der Waals surface area contributed by atoms with Crippen LogP contribution in [0, 0.1) is 5.41 Å². The van der Waals surface area contributed by atoms with Crippen LogP contribution in [0.15, 0.2) is 30.3 Å². The zero-order valence-corrected chi connectivity index (χ0v) is 13.1. The maximum Gasteiger partial charge on any atom is 0.315 e. The van der Waals surface area contributed by atoms with Crippen LogP contribution >= 0.6 is 0 Å². The van der Waals surface area contributed by atoms with Gasteiger partial charge >= 0.3 is 5.97 Å². The fourth-order valence-electron chi connectivity index (χ4n) is 2.87. The number of carbonyl (C=O) groups excluding carboxylic acids is 1. The summed E-state index contributed by atoms with van der Waals surface area (Å²) >= 11 is 0. The van der Waals surface area contributed by atoms with Crippen LogP contribution in [0.3, 0.4) is 0 Å². The molecule has 2 N–H and O–H groups in total. The highest BCUT2D eigenvalue weighted by atomic mass is 16.5. The third kappa shape index (κ3) is 2.99. The van der Waals surface area contributed by atoms with Gasteiger partial charge in [-0.05, 0) is 25.3 Å². The summed E-state index contributed by atoms with van der Waals surface area (Å²) in [5, 5.41) is 12.4. The second kappa shape index (κ2) is 6.48. The highest BCUT2D eigenvalue weighted by molar-refractivity contribution is 5.86. The van der Waals surface area contributed by atoms with E-state index in [1.54, 1.807) is 38.3 Å². The van der Waals surface area contributed by atoms with Gasteiger partial charge in [0.25, 0.3) is 0 Å². The number of rotatable bonds is 7. The minimum absolute atomic E-state index is 0.0661. The molecule has 5 heteroatoms. The summed E-state index contributed by atoms with van der Waals surface area (Å²) in [7, 11) is 1.58. The molecule has 0 radical (unpaired) electrons. The van der Waals surface area contributed by atoms with Gasteiger partial charge in [0.15, 0.2) is 0 Å². The van der Waals surface area contributed by atoms with Crippen LogP contribution < -0.4 is 5.32 Å². The third-order valence-corrected chi connectivity index (χ3v) is 4.70. The van der Waals surface area contributed by atoms with Gasteiger partial charge in [-0.2, -0.15) is 0 Å². The lowest BCUT2D eigenvalue weighted by Crippen LogP contribution is -2.52. The summed E-state index contributed by atoms with van der Waals surface area (Å²) in [6, 6.07) is 8.99. The molecule has 0 heterocycles. The molecule has 1 aliphatic rings. The quantitative estimate of drug-likeness (QED) is 0.807. The zero-order valence-electron chi connectivity index (χ0n) is 13.1. The molecular weight excluding hydrogens is 282 g/mol. The Morgan fingerprint density at radius 3 is 2.41 bits per heavy atom. The molecule has 1 aromatic rings. The minimum atomic E-state index is -1.14. The van der Waals surface area contributed by atoms with Crippen molar-refractivity contribution in [3.63, 3.8) is 0 Å². The van der Waals surface area contributed by atoms with Crippen molar-refractivity contribution in [2.45, 2.75) is 31.6 Å². The molecule has 1 atom stereocenters. The average molecular weight is 305 g/mol. The number of ether oxygens (including phenoxy) is 1. The number of carbonyl (C=O) groups is 2. The van der Waals surface area contributed by atoms with Crippen LogP contribution in [0.4, 0.5) is 0 Å². The first kappa shape index (κ1) is 16.5. The predicted molar refractivity (Wildman–Crippen MR) is 82.6 cm³/mol. The normalized spacial score (nSPS) is 18.8. The molecule has 1 aliphatic carbocycles. The Morgan fingerprint density at radius 2 is 1.95 bits per heavy atom. The summed E-state index contributed by atoms with van der Waals surface area (Å²) in [5.41, 5.74) is -0.947. The number of amides is 1. The third-order valence-electron chi connectivity index (χ3n) is 4.70. The topological polar surface area (TPSA) is 75.6 Å². The van der Waals surface area contributed by atoms with Gasteiger partial charge in [-0.25, -0.2) is 0 Å². The number of methoxy groups -OCH3 is 1. The van der Waals surface area contributed by atoms with Gasteiger partial charge in [0.1, 0.15) is 5.41 Å². The fourth-order valence-corrected chi connectivity index (χ4v) is 2.87. The van der Waals surface area contributed by atoms with Crippen molar-refractivity contribution in [3.8, 4) is 0 Å². The van der Waals surface area contributed by atoms with Crippen LogP contribution in [0.25, 0.3) is 0 Å². The second-order valence-electron chi connectivity index (χ2n) is 6.25. The summed E-state index contributed by atoms with van der Waals surface area (Å²) in [6.45, 7) is 2.08. The smallest absolute Gasteiger partial charge is 0.315 e. The van der Waals surface area contributed by atoms with E-state index in [0.29, 0.717) is 12.2 Å². The first-order valence-electron chi connectivity index (χ1n) is 7.51. The van der Waals surface area contributed by atoms with Gasteiger partial charge in [0, 0.05) is 13.7 Å². The van der Waals surface area contributed by atoms with Crippen LogP contribution in [0.2, 0.25) is 0 Å². The van der Waals surface area contributed by atoms with E-state index >= 15 is 0 Å². The van der Waals surface area contributed by atoms with Crippen molar-refractivity contribution < 1.29 is 19.4 Å². The molecule has 1 unspecified atom stereocenters. The number of hydrogen-bond donors (Lipinski definition) is 2. The van der Waals surface area contributed by atoms with E-state index in [-0.39, 0.29) is 12.5 Å². The van der Waals surface area contributed by atoms with Crippen molar-refractivity contribution in [2.24, 2.45) is 5.41 Å². The molecular formula is C17H23NO4. The first-order chi connectivity index (χ1) is 10.4. The average Bonchev–Trinajstić information content (AvgIpc) is 2.48. The Balaban J connectivity index is 2.10. The number of benzene rings is 1. The fraction of sp³-hybridized carbons (Fsp3) is 0.529. The lowest BCUT2D eigenvalue weighted by molar-refractivity contribution is -0.144. The van der Waals surface area contributed by atoms with Gasteiger partial charge in [-0.15, -0.1) is 0 Å². The number of nitrogens with one attached hydrogen (secondary N) is 1. The van der Waals surface area contributed by atoms with E-state index in [0.717, 1.165) is 19.3 Å². The van der Waals surface area contributed by atoms with Crippen LogP contribution in [-0.4, -0.2) is 37.2 Å². The molecule has 5 nitrogen and oxygen atoms in total. The maximum absolute atomic E-state index is 12.5. The van der Waals surface area contributed by atoms with Gasteiger partial charge in [0.2, 0.25) is 5.91 Å². The molecule has 0 aromatic heterocycles. The van der Waals surface area contributed by atoms with Crippen LogP contribution in [0.1, 0.15) is 31.7 Å². The van der Waals surface area contributed by atoms with E-state index in [1.165, 1.54) is 0 Å². The van der Waals surface area contributed by atoms with E-state index in [4.69, 9.17) is 4.74 Å². The van der Waals surface area contributed by atoms with E-state index in [9.17, 15) is 14.7 Å². The maximum atomic E-state index is 12.5. The minimum Gasteiger partial charge on any atom is -0.481 e. The summed E-state index contributed by atoms with van der Waals surface area (Å²) in [4.78, 5) is 24.2. The monoisotopic (exact) mass is 305 g/mol. The molecule has 1 aromatic carbocycles. The second-order valence-corrected chi connectivity index (χ2v) is 6.25. The van der Waals surface area contributed by atoms with Gasteiger partial charge in [-0.3, -0.25) is 9.59 Å². The molecule has 120 valence electrons. The van der Waals surface area contributed by atoms with Crippen LogP contribution in [0.5, 0.6) is 0 Å². The summed E-state index contributed by atoms with van der Waals surface area (Å²) in [6.07, 6.45) is 2.59. The standard InChI is InChI=1S/C17H23NO4/c1-16(15(20)21,13-7-4-3-5-8-13)11-18-14(19)17(12-22-2)9-6-10-17/h3-5,7-8H,6,9-12H2,1-2H3,(H,18,19)(H,20,21). The van der Waals surface area contributed by atoms with Crippen molar-refractivity contribution in [1.29, 1.82) is 0 Å². The van der Waals surface area contributed by atoms with Gasteiger partial charge in [-0.1, -0.05) is 36.8 Å². The van der Waals surface area contributed by atoms with E-state index in [2.05, 4.69) is 5.32 Å². The first-order valence-corrected chi connectivity index (χ1v) is 7.51. The van der Waals surface area contributed by atoms with Crippen molar-refractivity contribution in [1.82, 2.24) is 5.32 Å². The molecule has 0 saturated heterocycles. The molecule has 1 amide bonds. The van der Waals surface area contributed by atoms with Crippen molar-refractivity contribution in [2.75, 3.05) is 20.3 Å². The molecule has 0 aliphatic heterocycles. The summed E-state index contributed by atoms with van der Waals surface area (Å²) in [5.74, 6) is -1.06. The number of hydrogen-bond acceptors (Lipinski definition) is 3. The van der Waals surface area contributed by atoms with E-state index in [1.807, 2.05) is 6.07 Å². The molecule has 22 heavy (non-hydrogen) atoms. The Kier molecular flexibility index (Phi) is 4.86. The Bertz CT molecular complexity index is 539. The van der Waals surface area contributed by atoms with Crippen LogP contribution in [-0.2, 0) is 19.7 Å². The lowest BCUT2D eigenvalue weighted by atomic mass is 9.68. The predicted octanol–water partition coefficient (Wildman–Crippen LogP) is 1.96. The SMILES string of the molecule is COCC1(C(=O)NCC(C)(C(=O)O)c2ccccc2)CCC1. The molecule has 2 rings (SSSR count). The van der Waals surface area contributed by atoms with Crippen molar-refractivity contribution >= 4 is 11.9 Å². The Morgan fingerprint density at radius 1 is 1.32 bits per heavy atom. The number of carboxylic acid groups (broad SMARTS) is 1. The highest BCUT2D eigenvalue weighted by Crippen LogP contribution is 2.41. The van der Waals surface area contributed by atoms with Crippen molar-refractivity contribution in [3.05, 3.63) is 35.9 Å². The van der Waals surface area contributed by atoms with E-state index < -0.39 is 16.8 Å². The summed E-state index contributed by atoms with van der Waals surface area (Å²) < 4.78 is 5.16. The van der Waals surface area contributed by atoms with Gasteiger partial charge in [0.05, 0.1) is 12.0 Å². The molecule has 0 spiro atoms. The van der Waals surface area contributed by atoms with Gasteiger partial charge < -0.3 is 15.2 Å². The zero-order chi connectivity index (χ0) is 16.2.